The normalized spacial score (nSPS) is 9.13. The van der Waals surface area contributed by atoms with Crippen molar-refractivity contribution >= 4 is 35.6 Å². The zero-order valence-corrected chi connectivity index (χ0v) is 9.49. The van der Waals surface area contributed by atoms with Gasteiger partial charge in [0.1, 0.15) is 0 Å². The smallest absolute Gasteiger partial charge is 0.261 e. The minimum absolute atomic E-state index is 0. The van der Waals surface area contributed by atoms with Crippen molar-refractivity contribution in [2.24, 2.45) is 11.5 Å². The molecule has 0 unspecified atom stereocenters. The van der Waals surface area contributed by atoms with Crippen LogP contribution in [0.4, 0.5) is 0 Å². The molecular formula is C8H12ClN3O2S. The number of amides is 2. The molecule has 0 spiro atoms. The maximum absolute atomic E-state index is 11.3. The number of hydrogen-bond acceptors (Lipinski definition) is 4. The van der Waals surface area contributed by atoms with Gasteiger partial charge in [0.05, 0.1) is 10.4 Å². The van der Waals surface area contributed by atoms with Crippen LogP contribution in [0.5, 0.6) is 0 Å². The van der Waals surface area contributed by atoms with Crippen molar-refractivity contribution in [1.82, 2.24) is 5.32 Å². The maximum Gasteiger partial charge on any atom is 0.261 e. The SMILES string of the molecule is Cl.NCCNC(=O)c1cc(C(N)=O)cs1. The van der Waals surface area contributed by atoms with Gasteiger partial charge in [-0.3, -0.25) is 9.59 Å². The number of nitrogens with one attached hydrogen (secondary N) is 1. The highest BCUT2D eigenvalue weighted by Gasteiger charge is 2.10. The van der Waals surface area contributed by atoms with Crippen LogP contribution in [0.15, 0.2) is 11.4 Å². The summed E-state index contributed by atoms with van der Waals surface area (Å²) in [5.41, 5.74) is 10.6. The Balaban J connectivity index is 0.00000196. The van der Waals surface area contributed by atoms with E-state index in [2.05, 4.69) is 5.32 Å². The lowest BCUT2D eigenvalue weighted by Gasteiger charge is -1.98. The van der Waals surface area contributed by atoms with E-state index in [0.29, 0.717) is 23.5 Å². The van der Waals surface area contributed by atoms with E-state index in [1.807, 2.05) is 0 Å². The molecule has 0 saturated carbocycles. The lowest BCUT2D eigenvalue weighted by Crippen LogP contribution is -2.28. The fourth-order valence-electron chi connectivity index (χ4n) is 0.857. The summed E-state index contributed by atoms with van der Waals surface area (Å²) in [7, 11) is 0. The van der Waals surface area contributed by atoms with E-state index in [4.69, 9.17) is 11.5 Å². The molecule has 0 saturated heterocycles. The van der Waals surface area contributed by atoms with Gasteiger partial charge in [-0.2, -0.15) is 0 Å². The Morgan fingerprint density at radius 2 is 2.13 bits per heavy atom. The zero-order valence-electron chi connectivity index (χ0n) is 7.86. The highest BCUT2D eigenvalue weighted by Crippen LogP contribution is 2.13. The molecule has 1 heterocycles. The second-order valence-corrected chi connectivity index (χ2v) is 3.52. The van der Waals surface area contributed by atoms with E-state index in [1.165, 1.54) is 17.4 Å². The Bertz CT molecular complexity index is 353. The Hall–Kier alpha value is -1.11. The van der Waals surface area contributed by atoms with Crippen molar-refractivity contribution in [3.05, 3.63) is 21.9 Å². The van der Waals surface area contributed by atoms with Gasteiger partial charge in [-0.1, -0.05) is 0 Å². The van der Waals surface area contributed by atoms with E-state index >= 15 is 0 Å². The number of nitrogens with two attached hydrogens (primary N) is 2. The van der Waals surface area contributed by atoms with Gasteiger partial charge >= 0.3 is 0 Å². The number of hydrogen-bond donors (Lipinski definition) is 3. The second kappa shape index (κ2) is 6.39. The van der Waals surface area contributed by atoms with E-state index < -0.39 is 5.91 Å². The van der Waals surface area contributed by atoms with Gasteiger partial charge in [0.15, 0.2) is 0 Å². The Morgan fingerprint density at radius 1 is 1.47 bits per heavy atom. The number of carbonyl (C=O) groups excluding carboxylic acids is 2. The van der Waals surface area contributed by atoms with Gasteiger partial charge < -0.3 is 16.8 Å². The van der Waals surface area contributed by atoms with Crippen LogP contribution in [0, 0.1) is 0 Å². The predicted molar refractivity (Wildman–Crippen MR) is 61.5 cm³/mol. The molecular weight excluding hydrogens is 238 g/mol. The summed E-state index contributed by atoms with van der Waals surface area (Å²) in [6, 6.07) is 1.47. The molecule has 7 heteroatoms. The van der Waals surface area contributed by atoms with Crippen LogP contribution in [0.25, 0.3) is 0 Å². The molecule has 5 nitrogen and oxygen atoms in total. The molecule has 0 fully saturated rings. The van der Waals surface area contributed by atoms with Crippen molar-refractivity contribution in [2.75, 3.05) is 13.1 Å². The van der Waals surface area contributed by atoms with Crippen LogP contribution < -0.4 is 16.8 Å². The lowest BCUT2D eigenvalue weighted by atomic mass is 10.3. The number of rotatable bonds is 4. The summed E-state index contributed by atoms with van der Waals surface area (Å²) in [6.07, 6.45) is 0. The second-order valence-electron chi connectivity index (χ2n) is 2.61. The molecule has 0 aliphatic carbocycles. The average Bonchev–Trinajstić information content (AvgIpc) is 2.62. The summed E-state index contributed by atoms with van der Waals surface area (Å²) in [6.45, 7) is 0.808. The standard InChI is InChI=1S/C8H11N3O2S.ClH/c9-1-2-11-8(13)6-3-5(4-14-6)7(10)12;/h3-4H,1-2,9H2,(H2,10,12)(H,11,13);1H. The number of thiophene rings is 1. The molecule has 0 atom stereocenters. The molecule has 0 radical (unpaired) electrons. The number of primary amides is 1. The van der Waals surface area contributed by atoms with Gasteiger partial charge in [-0.15, -0.1) is 23.7 Å². The highest BCUT2D eigenvalue weighted by molar-refractivity contribution is 7.12. The van der Waals surface area contributed by atoms with Crippen molar-refractivity contribution in [1.29, 1.82) is 0 Å². The summed E-state index contributed by atoms with van der Waals surface area (Å²) in [4.78, 5) is 22.5. The Morgan fingerprint density at radius 3 is 2.60 bits per heavy atom. The highest BCUT2D eigenvalue weighted by atomic mass is 35.5. The molecule has 1 aromatic rings. The number of carbonyl (C=O) groups is 2. The average molecular weight is 250 g/mol. The first-order chi connectivity index (χ1) is 6.65. The third-order valence-corrected chi connectivity index (χ3v) is 2.47. The van der Waals surface area contributed by atoms with Crippen molar-refractivity contribution in [3.63, 3.8) is 0 Å². The predicted octanol–water partition coefficient (Wildman–Crippen LogP) is -0.0427. The first-order valence-corrected chi connectivity index (χ1v) is 4.89. The maximum atomic E-state index is 11.3. The summed E-state index contributed by atoms with van der Waals surface area (Å²) in [5.74, 6) is -0.757. The van der Waals surface area contributed by atoms with Gasteiger partial charge in [0.25, 0.3) is 5.91 Å². The largest absolute Gasteiger partial charge is 0.366 e. The van der Waals surface area contributed by atoms with Crippen LogP contribution in [-0.4, -0.2) is 24.9 Å². The molecule has 1 aromatic heterocycles. The van der Waals surface area contributed by atoms with E-state index in [-0.39, 0.29) is 18.3 Å². The molecule has 0 aromatic carbocycles. The topological polar surface area (TPSA) is 98.2 Å². The first-order valence-electron chi connectivity index (χ1n) is 4.01. The van der Waals surface area contributed by atoms with Gasteiger partial charge in [0, 0.05) is 18.5 Å². The molecule has 0 bridgehead atoms. The quantitative estimate of drug-likeness (QED) is 0.698. The van der Waals surface area contributed by atoms with Crippen molar-refractivity contribution in [3.8, 4) is 0 Å². The van der Waals surface area contributed by atoms with Crippen LogP contribution in [-0.2, 0) is 0 Å². The van der Waals surface area contributed by atoms with Crippen molar-refractivity contribution < 1.29 is 9.59 Å². The molecule has 2 amide bonds. The van der Waals surface area contributed by atoms with Gasteiger partial charge in [0.2, 0.25) is 5.91 Å². The summed E-state index contributed by atoms with van der Waals surface area (Å²) >= 11 is 1.18. The third-order valence-electron chi connectivity index (χ3n) is 1.54. The van der Waals surface area contributed by atoms with E-state index in [1.54, 1.807) is 5.38 Å². The molecule has 15 heavy (non-hydrogen) atoms. The first kappa shape index (κ1) is 13.9. The Kier molecular flexibility index (Phi) is 5.92. The zero-order chi connectivity index (χ0) is 10.6. The summed E-state index contributed by atoms with van der Waals surface area (Å²) < 4.78 is 0. The lowest BCUT2D eigenvalue weighted by molar-refractivity contribution is 0.0958. The van der Waals surface area contributed by atoms with Crippen molar-refractivity contribution in [2.45, 2.75) is 0 Å². The molecule has 5 N–H and O–H groups in total. The van der Waals surface area contributed by atoms with Crippen LogP contribution in [0.1, 0.15) is 20.0 Å². The molecule has 84 valence electrons. The molecule has 0 aliphatic rings. The van der Waals surface area contributed by atoms with Gasteiger partial charge in [-0.05, 0) is 6.07 Å². The minimum Gasteiger partial charge on any atom is -0.366 e. The van der Waals surface area contributed by atoms with Crippen LogP contribution in [0.3, 0.4) is 0 Å². The third kappa shape index (κ3) is 3.86. The van der Waals surface area contributed by atoms with Crippen LogP contribution in [0.2, 0.25) is 0 Å². The van der Waals surface area contributed by atoms with Crippen LogP contribution >= 0.6 is 23.7 Å². The minimum atomic E-state index is -0.529. The fraction of sp³-hybridized carbons (Fsp3) is 0.250. The van der Waals surface area contributed by atoms with E-state index in [9.17, 15) is 9.59 Å². The van der Waals surface area contributed by atoms with E-state index in [0.717, 1.165) is 0 Å². The van der Waals surface area contributed by atoms with Gasteiger partial charge in [-0.25, -0.2) is 0 Å². The summed E-state index contributed by atoms with van der Waals surface area (Å²) in [5, 5.41) is 4.15. The molecule has 1 rings (SSSR count). The fourth-order valence-corrected chi connectivity index (χ4v) is 1.67. The Labute approximate surface area is 97.2 Å². The molecule has 0 aliphatic heterocycles. The monoisotopic (exact) mass is 249 g/mol. The number of halogens is 1.